The normalized spacial score (nSPS) is 13.8. The van der Waals surface area contributed by atoms with Gasteiger partial charge in [0.2, 0.25) is 5.91 Å². The number of Topliss-reactive ketones (excluding diaryl/α,β-unsaturated/α-hetero) is 1. The molecule has 0 saturated carbocycles. The Morgan fingerprint density at radius 2 is 1.67 bits per heavy atom. The lowest BCUT2D eigenvalue weighted by Crippen LogP contribution is -2.42. The van der Waals surface area contributed by atoms with Crippen LogP contribution < -0.4 is 5.32 Å². The first-order valence-electron chi connectivity index (χ1n) is 4.06. The van der Waals surface area contributed by atoms with Gasteiger partial charge in [-0.3, -0.25) is 9.59 Å². The minimum atomic E-state index is -0.387. The topological polar surface area (TPSA) is 46.2 Å². The number of carbonyl (C=O) groups is 2. The summed E-state index contributed by atoms with van der Waals surface area (Å²) in [5.41, 5.74) is -0.387. The zero-order valence-electron chi connectivity index (χ0n) is 8.39. The van der Waals surface area contributed by atoms with Gasteiger partial charge < -0.3 is 5.32 Å². The summed E-state index contributed by atoms with van der Waals surface area (Å²) in [6.45, 7) is 8.64. The molecule has 12 heavy (non-hydrogen) atoms. The van der Waals surface area contributed by atoms with E-state index in [1.54, 1.807) is 6.92 Å². The number of hydrogen-bond acceptors (Lipinski definition) is 2. The molecule has 0 unspecified atom stereocenters. The Hall–Kier alpha value is -0.860. The van der Waals surface area contributed by atoms with Gasteiger partial charge in [0.25, 0.3) is 0 Å². The van der Waals surface area contributed by atoms with Crippen molar-refractivity contribution in [2.24, 2.45) is 5.41 Å². The number of amides is 1. The first-order valence-corrected chi connectivity index (χ1v) is 4.06. The third-order valence-electron chi connectivity index (χ3n) is 1.55. The predicted octanol–water partition coefficient (Wildman–Crippen LogP) is 1.13. The first-order chi connectivity index (χ1) is 5.25. The number of nitrogens with one attached hydrogen (secondary N) is 1. The van der Waals surface area contributed by atoms with Gasteiger partial charge in [-0.15, -0.1) is 0 Å². The average molecular weight is 171 g/mol. The van der Waals surface area contributed by atoms with E-state index in [1.165, 1.54) is 6.92 Å². The molecular weight excluding hydrogens is 154 g/mol. The van der Waals surface area contributed by atoms with Gasteiger partial charge in [-0.2, -0.15) is 0 Å². The van der Waals surface area contributed by atoms with Gasteiger partial charge in [-0.1, -0.05) is 20.8 Å². The number of carbonyl (C=O) groups excluding carboxylic acids is 2. The summed E-state index contributed by atoms with van der Waals surface area (Å²) < 4.78 is 0. The molecule has 0 heterocycles. The van der Waals surface area contributed by atoms with Crippen molar-refractivity contribution in [3.8, 4) is 0 Å². The van der Waals surface area contributed by atoms with E-state index in [1.807, 2.05) is 20.8 Å². The van der Waals surface area contributed by atoms with E-state index in [2.05, 4.69) is 5.32 Å². The molecule has 0 rings (SSSR count). The highest BCUT2D eigenvalue weighted by atomic mass is 16.2. The van der Waals surface area contributed by atoms with Crippen LogP contribution in [0.2, 0.25) is 0 Å². The standard InChI is InChI=1S/C9H17NO2/c1-6(10-7(2)11)8(12)9(3,4)5/h6H,1-5H3,(H,10,11)/t6-/m0/s1. The smallest absolute Gasteiger partial charge is 0.217 e. The first kappa shape index (κ1) is 11.1. The van der Waals surface area contributed by atoms with Crippen molar-refractivity contribution in [2.45, 2.75) is 40.7 Å². The Bertz CT molecular complexity index is 191. The molecule has 0 radical (unpaired) electrons. The van der Waals surface area contributed by atoms with E-state index in [4.69, 9.17) is 0 Å². The van der Waals surface area contributed by atoms with Crippen molar-refractivity contribution < 1.29 is 9.59 Å². The van der Waals surface area contributed by atoms with Crippen LogP contribution in [0.3, 0.4) is 0 Å². The fourth-order valence-corrected chi connectivity index (χ4v) is 1.02. The summed E-state index contributed by atoms with van der Waals surface area (Å²) in [5, 5.41) is 2.56. The van der Waals surface area contributed by atoms with Crippen LogP contribution in [0.15, 0.2) is 0 Å². The molecule has 0 bridgehead atoms. The van der Waals surface area contributed by atoms with Crippen LogP contribution in [0.1, 0.15) is 34.6 Å². The summed E-state index contributed by atoms with van der Waals surface area (Å²) >= 11 is 0. The van der Waals surface area contributed by atoms with Gasteiger partial charge in [0.05, 0.1) is 6.04 Å². The quantitative estimate of drug-likeness (QED) is 0.677. The molecule has 1 amide bonds. The lowest BCUT2D eigenvalue weighted by Gasteiger charge is -2.21. The highest BCUT2D eigenvalue weighted by molar-refractivity contribution is 5.91. The SMILES string of the molecule is CC(=O)N[C@@H](C)C(=O)C(C)(C)C. The number of hydrogen-bond donors (Lipinski definition) is 1. The molecule has 3 heteroatoms. The molecule has 3 nitrogen and oxygen atoms in total. The van der Waals surface area contributed by atoms with Crippen LogP contribution in [0, 0.1) is 5.41 Å². The maximum absolute atomic E-state index is 11.5. The Kier molecular flexibility index (Phi) is 3.43. The Morgan fingerprint density at radius 1 is 1.25 bits per heavy atom. The maximum Gasteiger partial charge on any atom is 0.217 e. The van der Waals surface area contributed by atoms with Crippen LogP contribution in [-0.4, -0.2) is 17.7 Å². The third-order valence-corrected chi connectivity index (χ3v) is 1.55. The largest absolute Gasteiger partial charge is 0.347 e. The second kappa shape index (κ2) is 3.70. The average Bonchev–Trinajstić information content (AvgIpc) is 1.82. The summed E-state index contributed by atoms with van der Waals surface area (Å²) in [6.07, 6.45) is 0. The molecule has 0 aromatic rings. The molecule has 0 aromatic heterocycles. The Morgan fingerprint density at radius 3 is 1.92 bits per heavy atom. The molecule has 0 aromatic carbocycles. The van der Waals surface area contributed by atoms with Gasteiger partial charge in [-0.25, -0.2) is 0 Å². The van der Waals surface area contributed by atoms with E-state index in [0.29, 0.717) is 0 Å². The zero-order chi connectivity index (χ0) is 9.94. The van der Waals surface area contributed by atoms with Crippen molar-refractivity contribution in [1.29, 1.82) is 0 Å². The van der Waals surface area contributed by atoms with Gasteiger partial charge in [0.15, 0.2) is 5.78 Å². The number of ketones is 1. The molecule has 1 N–H and O–H groups in total. The van der Waals surface area contributed by atoms with Crippen LogP contribution in [0.4, 0.5) is 0 Å². The van der Waals surface area contributed by atoms with Gasteiger partial charge >= 0.3 is 0 Å². The third kappa shape index (κ3) is 3.51. The lowest BCUT2D eigenvalue weighted by molar-refractivity contribution is -0.131. The fraction of sp³-hybridized carbons (Fsp3) is 0.778. The molecule has 0 aliphatic rings. The Labute approximate surface area is 73.5 Å². The van der Waals surface area contributed by atoms with Gasteiger partial charge in [-0.05, 0) is 6.92 Å². The summed E-state index contributed by atoms with van der Waals surface area (Å²) in [5.74, 6) is -0.113. The molecule has 0 spiro atoms. The maximum atomic E-state index is 11.5. The number of rotatable bonds is 2. The second-order valence-corrected chi connectivity index (χ2v) is 4.04. The highest BCUT2D eigenvalue weighted by Crippen LogP contribution is 2.16. The second-order valence-electron chi connectivity index (χ2n) is 4.04. The molecular formula is C9H17NO2. The van der Waals surface area contributed by atoms with Crippen molar-refractivity contribution in [2.75, 3.05) is 0 Å². The van der Waals surface area contributed by atoms with E-state index in [9.17, 15) is 9.59 Å². The lowest BCUT2D eigenvalue weighted by atomic mass is 9.87. The van der Waals surface area contributed by atoms with Crippen molar-refractivity contribution >= 4 is 11.7 Å². The van der Waals surface area contributed by atoms with Crippen LogP contribution >= 0.6 is 0 Å². The van der Waals surface area contributed by atoms with E-state index in [0.717, 1.165) is 0 Å². The predicted molar refractivity (Wildman–Crippen MR) is 47.7 cm³/mol. The Balaban J connectivity index is 4.21. The van der Waals surface area contributed by atoms with Crippen LogP contribution in [0.25, 0.3) is 0 Å². The van der Waals surface area contributed by atoms with E-state index in [-0.39, 0.29) is 23.1 Å². The molecule has 1 atom stereocenters. The molecule has 0 fully saturated rings. The highest BCUT2D eigenvalue weighted by Gasteiger charge is 2.26. The van der Waals surface area contributed by atoms with Gasteiger partial charge in [0, 0.05) is 12.3 Å². The van der Waals surface area contributed by atoms with Crippen LogP contribution in [-0.2, 0) is 9.59 Å². The van der Waals surface area contributed by atoms with E-state index >= 15 is 0 Å². The molecule has 70 valence electrons. The fourth-order valence-electron chi connectivity index (χ4n) is 1.02. The summed E-state index contributed by atoms with van der Waals surface area (Å²) in [4.78, 5) is 22.1. The summed E-state index contributed by atoms with van der Waals surface area (Å²) in [6, 6.07) is -0.387. The molecule has 0 saturated heterocycles. The van der Waals surface area contributed by atoms with Gasteiger partial charge in [0.1, 0.15) is 0 Å². The monoisotopic (exact) mass is 171 g/mol. The van der Waals surface area contributed by atoms with Crippen molar-refractivity contribution in [3.05, 3.63) is 0 Å². The zero-order valence-corrected chi connectivity index (χ0v) is 8.39. The minimum absolute atomic E-state index is 0.0534. The van der Waals surface area contributed by atoms with Crippen LogP contribution in [0.5, 0.6) is 0 Å². The van der Waals surface area contributed by atoms with Crippen molar-refractivity contribution in [1.82, 2.24) is 5.32 Å². The van der Waals surface area contributed by atoms with E-state index < -0.39 is 0 Å². The van der Waals surface area contributed by atoms with Crippen molar-refractivity contribution in [3.63, 3.8) is 0 Å². The summed E-state index contributed by atoms with van der Waals surface area (Å²) in [7, 11) is 0. The molecule has 0 aliphatic heterocycles. The molecule has 0 aliphatic carbocycles. The minimum Gasteiger partial charge on any atom is -0.347 e.